The summed E-state index contributed by atoms with van der Waals surface area (Å²) in [6.07, 6.45) is -0.677. The van der Waals surface area contributed by atoms with E-state index in [1.54, 1.807) is 24.3 Å². The zero-order valence-electron chi connectivity index (χ0n) is 16.0. The lowest BCUT2D eigenvalue weighted by Crippen LogP contribution is -2.39. The maximum absolute atomic E-state index is 12.2. The van der Waals surface area contributed by atoms with Gasteiger partial charge in [0, 0.05) is 30.3 Å². The van der Waals surface area contributed by atoms with E-state index in [0.29, 0.717) is 24.3 Å². The number of Topliss-reactive ketones (excluding diaryl/α,β-unsaturated/α-hetero) is 1. The molecule has 0 spiro atoms. The fourth-order valence-corrected chi connectivity index (χ4v) is 2.85. The number of ketones is 1. The first-order valence-electron chi connectivity index (χ1n) is 8.90. The summed E-state index contributed by atoms with van der Waals surface area (Å²) < 4.78 is 0. The van der Waals surface area contributed by atoms with E-state index >= 15 is 0 Å². The van der Waals surface area contributed by atoms with E-state index < -0.39 is 6.10 Å². The number of urea groups is 1. The molecule has 2 rings (SSSR count). The summed E-state index contributed by atoms with van der Waals surface area (Å²) >= 11 is 0. The number of nitrogens with zero attached hydrogens (tertiary/aromatic N) is 1. The molecular weight excluding hydrogens is 342 g/mol. The molecule has 0 aliphatic heterocycles. The van der Waals surface area contributed by atoms with Gasteiger partial charge in [-0.15, -0.1) is 0 Å². The van der Waals surface area contributed by atoms with Crippen molar-refractivity contribution in [2.45, 2.75) is 13.0 Å². The Kier molecular flexibility index (Phi) is 7.52. The lowest BCUT2D eigenvalue weighted by atomic mass is 9.95. The fourth-order valence-electron chi connectivity index (χ4n) is 2.85. The van der Waals surface area contributed by atoms with Gasteiger partial charge in [-0.25, -0.2) is 4.79 Å². The number of anilines is 1. The summed E-state index contributed by atoms with van der Waals surface area (Å²) in [4.78, 5) is 25.5. The van der Waals surface area contributed by atoms with Crippen LogP contribution in [0.25, 0.3) is 0 Å². The van der Waals surface area contributed by atoms with Crippen LogP contribution >= 0.6 is 0 Å². The van der Waals surface area contributed by atoms with E-state index in [2.05, 4.69) is 10.6 Å². The predicted octanol–water partition coefficient (Wildman–Crippen LogP) is 2.92. The molecule has 0 saturated carbocycles. The van der Waals surface area contributed by atoms with Crippen LogP contribution in [0.4, 0.5) is 10.5 Å². The van der Waals surface area contributed by atoms with Crippen molar-refractivity contribution >= 4 is 17.5 Å². The maximum atomic E-state index is 12.2. The highest BCUT2D eigenvalue weighted by Gasteiger charge is 2.22. The molecule has 0 saturated heterocycles. The molecular formula is C21H27N3O3. The highest BCUT2D eigenvalue weighted by molar-refractivity contribution is 5.95. The molecule has 0 fully saturated rings. The Balaban J connectivity index is 1.95. The lowest BCUT2D eigenvalue weighted by molar-refractivity contribution is 0.0911. The summed E-state index contributed by atoms with van der Waals surface area (Å²) in [6, 6.07) is 15.8. The van der Waals surface area contributed by atoms with Crippen molar-refractivity contribution in [1.82, 2.24) is 10.2 Å². The Morgan fingerprint density at radius 2 is 1.67 bits per heavy atom. The topological polar surface area (TPSA) is 81.7 Å². The number of amides is 2. The quantitative estimate of drug-likeness (QED) is 0.625. The van der Waals surface area contributed by atoms with Crippen LogP contribution in [-0.2, 0) is 0 Å². The fraction of sp³-hybridized carbons (Fsp3) is 0.333. The highest BCUT2D eigenvalue weighted by atomic mass is 16.3. The Morgan fingerprint density at radius 1 is 1.04 bits per heavy atom. The molecule has 6 nitrogen and oxygen atoms in total. The minimum atomic E-state index is -0.677. The first kappa shape index (κ1) is 20.6. The molecule has 0 aliphatic carbocycles. The molecule has 0 aromatic heterocycles. The zero-order chi connectivity index (χ0) is 19.8. The van der Waals surface area contributed by atoms with Gasteiger partial charge in [0.1, 0.15) is 0 Å². The van der Waals surface area contributed by atoms with Gasteiger partial charge in [0.25, 0.3) is 0 Å². The van der Waals surface area contributed by atoms with Crippen LogP contribution in [0, 0.1) is 5.92 Å². The van der Waals surface area contributed by atoms with Crippen LogP contribution in [0.1, 0.15) is 28.9 Å². The smallest absolute Gasteiger partial charge is 0.319 e. The normalized spacial score (nSPS) is 13.1. The molecule has 2 aromatic rings. The van der Waals surface area contributed by atoms with E-state index in [9.17, 15) is 14.7 Å². The largest absolute Gasteiger partial charge is 0.388 e. The number of hydrogen-bond donors (Lipinski definition) is 3. The summed E-state index contributed by atoms with van der Waals surface area (Å²) in [5.74, 6) is -0.180. The molecule has 27 heavy (non-hydrogen) atoms. The molecule has 2 atom stereocenters. The molecule has 0 aliphatic rings. The number of aliphatic hydroxyl groups excluding tert-OH is 1. The van der Waals surface area contributed by atoms with E-state index in [1.807, 2.05) is 49.3 Å². The Bertz CT molecular complexity index is 745. The monoisotopic (exact) mass is 369 g/mol. The molecule has 144 valence electrons. The summed E-state index contributed by atoms with van der Waals surface area (Å²) in [7, 11) is 3.86. The van der Waals surface area contributed by atoms with Gasteiger partial charge in [0.15, 0.2) is 5.78 Å². The van der Waals surface area contributed by atoms with Gasteiger partial charge in [-0.3, -0.25) is 4.79 Å². The number of nitrogens with one attached hydrogen (secondary N) is 2. The van der Waals surface area contributed by atoms with Crippen LogP contribution < -0.4 is 10.6 Å². The van der Waals surface area contributed by atoms with Gasteiger partial charge in [0.2, 0.25) is 0 Å². The van der Waals surface area contributed by atoms with E-state index in [4.69, 9.17) is 0 Å². The SMILES string of the molecule is CC(=O)c1ccc(NC(=O)NCC(CN(C)C)C(O)c2ccccc2)cc1. The lowest BCUT2D eigenvalue weighted by Gasteiger charge is -2.26. The van der Waals surface area contributed by atoms with Gasteiger partial charge in [-0.2, -0.15) is 0 Å². The van der Waals surface area contributed by atoms with Gasteiger partial charge >= 0.3 is 6.03 Å². The summed E-state index contributed by atoms with van der Waals surface area (Å²) in [5.41, 5.74) is 2.02. The standard InChI is InChI=1S/C21H27N3O3/c1-15(25)16-9-11-19(12-10-16)23-21(27)22-13-18(14-24(2)3)20(26)17-7-5-4-6-8-17/h4-12,18,20,26H,13-14H2,1-3H3,(H2,22,23,27). The number of aliphatic hydroxyl groups is 1. The molecule has 6 heteroatoms. The van der Waals surface area contributed by atoms with E-state index in [0.717, 1.165) is 5.56 Å². The first-order valence-corrected chi connectivity index (χ1v) is 8.90. The average Bonchev–Trinajstić information content (AvgIpc) is 2.65. The van der Waals surface area contributed by atoms with Gasteiger partial charge in [-0.1, -0.05) is 30.3 Å². The number of rotatable bonds is 8. The van der Waals surface area contributed by atoms with Gasteiger partial charge < -0.3 is 20.6 Å². The molecule has 0 radical (unpaired) electrons. The van der Waals surface area contributed by atoms with Crippen LogP contribution in [0.3, 0.4) is 0 Å². The minimum absolute atomic E-state index is 0.0209. The van der Waals surface area contributed by atoms with Gasteiger partial charge in [-0.05, 0) is 50.8 Å². The number of benzene rings is 2. The molecule has 3 N–H and O–H groups in total. The van der Waals surface area contributed by atoms with Crippen molar-refractivity contribution in [2.75, 3.05) is 32.5 Å². The summed E-state index contributed by atoms with van der Waals surface area (Å²) in [6.45, 7) is 2.45. The van der Waals surface area contributed by atoms with E-state index in [-0.39, 0.29) is 17.7 Å². The van der Waals surface area contributed by atoms with Crippen molar-refractivity contribution in [3.63, 3.8) is 0 Å². The van der Waals surface area contributed by atoms with Crippen molar-refractivity contribution < 1.29 is 14.7 Å². The van der Waals surface area contributed by atoms with Crippen molar-refractivity contribution in [3.8, 4) is 0 Å². The first-order chi connectivity index (χ1) is 12.9. The highest BCUT2D eigenvalue weighted by Crippen LogP contribution is 2.22. The molecule has 0 heterocycles. The third-order valence-electron chi connectivity index (χ3n) is 4.26. The predicted molar refractivity (Wildman–Crippen MR) is 107 cm³/mol. The number of hydrogen-bond acceptors (Lipinski definition) is 4. The van der Waals surface area contributed by atoms with Crippen molar-refractivity contribution in [1.29, 1.82) is 0 Å². The van der Waals surface area contributed by atoms with E-state index in [1.165, 1.54) is 6.92 Å². The van der Waals surface area contributed by atoms with Crippen LogP contribution in [0.15, 0.2) is 54.6 Å². The Morgan fingerprint density at radius 3 is 2.22 bits per heavy atom. The minimum Gasteiger partial charge on any atom is -0.388 e. The van der Waals surface area contributed by atoms with Crippen LogP contribution in [-0.4, -0.2) is 49.0 Å². The molecule has 2 amide bonds. The second-order valence-corrected chi connectivity index (χ2v) is 6.85. The molecule has 2 unspecified atom stereocenters. The molecule has 0 bridgehead atoms. The zero-order valence-corrected chi connectivity index (χ0v) is 16.0. The Hall–Kier alpha value is -2.70. The van der Waals surface area contributed by atoms with Crippen LogP contribution in [0.2, 0.25) is 0 Å². The van der Waals surface area contributed by atoms with Crippen molar-refractivity contribution in [3.05, 3.63) is 65.7 Å². The number of carbonyl (C=O) groups excluding carboxylic acids is 2. The maximum Gasteiger partial charge on any atom is 0.319 e. The van der Waals surface area contributed by atoms with Gasteiger partial charge in [0.05, 0.1) is 6.10 Å². The molecule has 2 aromatic carbocycles. The third kappa shape index (κ3) is 6.51. The summed E-state index contributed by atoms with van der Waals surface area (Å²) in [5, 5.41) is 16.2. The third-order valence-corrected chi connectivity index (χ3v) is 4.26. The average molecular weight is 369 g/mol. The van der Waals surface area contributed by atoms with Crippen LogP contribution in [0.5, 0.6) is 0 Å². The second-order valence-electron chi connectivity index (χ2n) is 6.85. The Labute approximate surface area is 160 Å². The number of carbonyl (C=O) groups is 2. The van der Waals surface area contributed by atoms with Crippen molar-refractivity contribution in [2.24, 2.45) is 5.92 Å². The second kappa shape index (κ2) is 9.85.